The van der Waals surface area contributed by atoms with E-state index in [1.54, 1.807) is 30.6 Å². The van der Waals surface area contributed by atoms with Crippen LogP contribution in [0.4, 0.5) is 0 Å². The summed E-state index contributed by atoms with van der Waals surface area (Å²) in [4.78, 5) is 23.7. The number of esters is 1. The van der Waals surface area contributed by atoms with Crippen molar-refractivity contribution < 1.29 is 29.3 Å². The van der Waals surface area contributed by atoms with Crippen LogP contribution >= 0.6 is 0 Å². The standard InChI is InChI=1S/C21H11O6/c22-10-11-1-4-15-14(7-11)20(25)27-21(15)16-5-2-12(23)8-18(16)26-19-9-13(24)3-6-17(19)21/h1-9,23-24H. The minimum absolute atomic E-state index is 0.0112. The summed E-state index contributed by atoms with van der Waals surface area (Å²) >= 11 is 0. The number of hydrogen-bond acceptors (Lipinski definition) is 6. The Bertz CT molecular complexity index is 1100. The van der Waals surface area contributed by atoms with E-state index in [1.807, 2.05) is 0 Å². The summed E-state index contributed by atoms with van der Waals surface area (Å²) in [5, 5.41) is 19.7. The molecule has 2 aliphatic heterocycles. The van der Waals surface area contributed by atoms with Gasteiger partial charge in [0, 0.05) is 34.4 Å². The molecule has 2 aliphatic rings. The van der Waals surface area contributed by atoms with Gasteiger partial charge in [-0.05, 0) is 30.3 Å². The van der Waals surface area contributed by atoms with E-state index in [0.717, 1.165) is 0 Å². The van der Waals surface area contributed by atoms with Gasteiger partial charge in [-0.25, -0.2) is 4.79 Å². The number of rotatable bonds is 1. The minimum atomic E-state index is -1.31. The van der Waals surface area contributed by atoms with Gasteiger partial charge in [0.15, 0.2) is 5.60 Å². The van der Waals surface area contributed by atoms with Crippen molar-refractivity contribution in [3.8, 4) is 23.0 Å². The highest BCUT2D eigenvalue weighted by Crippen LogP contribution is 2.56. The maximum atomic E-state index is 12.7. The summed E-state index contributed by atoms with van der Waals surface area (Å²) in [6.45, 7) is 0. The lowest BCUT2D eigenvalue weighted by Crippen LogP contribution is -2.32. The maximum Gasteiger partial charge on any atom is 0.340 e. The van der Waals surface area contributed by atoms with E-state index in [4.69, 9.17) is 9.47 Å². The van der Waals surface area contributed by atoms with Crippen LogP contribution in [-0.4, -0.2) is 22.5 Å². The molecule has 0 bridgehead atoms. The smallest absolute Gasteiger partial charge is 0.340 e. The zero-order valence-corrected chi connectivity index (χ0v) is 13.7. The van der Waals surface area contributed by atoms with Gasteiger partial charge in [0.2, 0.25) is 6.29 Å². The Morgan fingerprint density at radius 2 is 1.41 bits per heavy atom. The monoisotopic (exact) mass is 359 g/mol. The fraction of sp³-hybridized carbons (Fsp3) is 0.0476. The van der Waals surface area contributed by atoms with Crippen LogP contribution in [0.2, 0.25) is 0 Å². The molecule has 0 saturated heterocycles. The predicted octanol–water partition coefficient (Wildman–Crippen LogP) is 3.12. The summed E-state index contributed by atoms with van der Waals surface area (Å²) in [5.74, 6) is 0.00695. The van der Waals surface area contributed by atoms with Gasteiger partial charge in [0.25, 0.3) is 0 Å². The molecular weight excluding hydrogens is 348 g/mol. The number of phenolic OH excluding ortho intramolecular Hbond substituents is 2. The lowest BCUT2D eigenvalue weighted by atomic mass is 9.77. The van der Waals surface area contributed by atoms with Crippen LogP contribution in [0.1, 0.15) is 32.6 Å². The number of ether oxygens (including phenoxy) is 2. The molecule has 1 radical (unpaired) electrons. The number of aromatic hydroxyl groups is 2. The molecule has 5 rings (SSSR count). The molecule has 0 aromatic heterocycles. The summed E-state index contributed by atoms with van der Waals surface area (Å²) in [6, 6.07) is 13.7. The van der Waals surface area contributed by atoms with Crippen molar-refractivity contribution in [3.63, 3.8) is 0 Å². The Kier molecular flexibility index (Phi) is 2.92. The summed E-state index contributed by atoms with van der Waals surface area (Å²) in [5.41, 5.74) is 0.816. The van der Waals surface area contributed by atoms with Gasteiger partial charge in [-0.3, -0.25) is 4.79 Å². The van der Waals surface area contributed by atoms with Crippen LogP contribution in [0.15, 0.2) is 54.6 Å². The molecule has 27 heavy (non-hydrogen) atoms. The number of carbonyl (C=O) groups is 1. The van der Waals surface area contributed by atoms with Gasteiger partial charge in [-0.1, -0.05) is 12.1 Å². The molecule has 1 spiro atoms. The van der Waals surface area contributed by atoms with Crippen molar-refractivity contribution >= 4 is 12.3 Å². The molecule has 0 aliphatic carbocycles. The molecule has 3 aromatic rings. The number of phenols is 2. The topological polar surface area (TPSA) is 93.1 Å². The third-order valence-electron chi connectivity index (χ3n) is 4.89. The second kappa shape index (κ2) is 5.11. The first kappa shape index (κ1) is 15.5. The first-order valence-electron chi connectivity index (χ1n) is 8.14. The number of carbonyl (C=O) groups excluding carboxylic acids is 2. The lowest BCUT2D eigenvalue weighted by molar-refractivity contribution is 0.0224. The third kappa shape index (κ3) is 1.95. The molecule has 0 unspecified atom stereocenters. The van der Waals surface area contributed by atoms with Crippen LogP contribution < -0.4 is 4.74 Å². The van der Waals surface area contributed by atoms with E-state index >= 15 is 0 Å². The van der Waals surface area contributed by atoms with Gasteiger partial charge in [0.1, 0.15) is 23.0 Å². The van der Waals surface area contributed by atoms with E-state index in [1.165, 1.54) is 30.3 Å². The fourth-order valence-electron chi connectivity index (χ4n) is 3.77. The molecule has 6 heteroatoms. The quantitative estimate of drug-likeness (QED) is 0.649. The molecule has 3 aromatic carbocycles. The maximum absolute atomic E-state index is 12.7. The second-order valence-corrected chi connectivity index (χ2v) is 6.40. The first-order valence-corrected chi connectivity index (χ1v) is 8.14. The second-order valence-electron chi connectivity index (χ2n) is 6.40. The highest BCUT2D eigenvalue weighted by atomic mass is 16.6. The number of benzene rings is 3. The van der Waals surface area contributed by atoms with Crippen molar-refractivity contribution in [1.29, 1.82) is 0 Å². The Morgan fingerprint density at radius 3 is 2.00 bits per heavy atom. The predicted molar refractivity (Wildman–Crippen MR) is 92.8 cm³/mol. The molecule has 2 N–H and O–H groups in total. The first-order chi connectivity index (χ1) is 13.0. The third-order valence-corrected chi connectivity index (χ3v) is 4.89. The Labute approximate surface area is 153 Å². The van der Waals surface area contributed by atoms with Crippen molar-refractivity contribution in [3.05, 3.63) is 82.4 Å². The summed E-state index contributed by atoms with van der Waals surface area (Å²) in [7, 11) is 0. The van der Waals surface area contributed by atoms with Gasteiger partial charge in [0.05, 0.1) is 5.56 Å². The van der Waals surface area contributed by atoms with Gasteiger partial charge < -0.3 is 19.7 Å². The molecule has 0 atom stereocenters. The van der Waals surface area contributed by atoms with Crippen LogP contribution in [0, 0.1) is 0 Å². The van der Waals surface area contributed by atoms with Gasteiger partial charge in [-0.15, -0.1) is 0 Å². The normalized spacial score (nSPS) is 15.3. The van der Waals surface area contributed by atoms with E-state index in [2.05, 4.69) is 0 Å². The summed E-state index contributed by atoms with van der Waals surface area (Å²) < 4.78 is 11.7. The SMILES string of the molecule is O=[C]c1ccc2c(c1)C(=O)OC21c2ccc(O)cc2Oc2cc(O)ccc21. The minimum Gasteiger partial charge on any atom is -0.508 e. The average molecular weight is 359 g/mol. The van der Waals surface area contributed by atoms with E-state index < -0.39 is 11.6 Å². The van der Waals surface area contributed by atoms with Crippen LogP contribution in [0.3, 0.4) is 0 Å². The fourth-order valence-corrected chi connectivity index (χ4v) is 3.77. The molecule has 0 amide bonds. The van der Waals surface area contributed by atoms with Crippen LogP contribution in [0.5, 0.6) is 23.0 Å². The zero-order valence-electron chi connectivity index (χ0n) is 13.7. The highest BCUT2D eigenvalue weighted by molar-refractivity contribution is 5.98. The Morgan fingerprint density at radius 1 is 0.815 bits per heavy atom. The van der Waals surface area contributed by atoms with E-state index in [-0.39, 0.29) is 22.6 Å². The Hall–Kier alpha value is -3.80. The largest absolute Gasteiger partial charge is 0.508 e. The number of fused-ring (bicyclic) bond motifs is 6. The van der Waals surface area contributed by atoms with Crippen molar-refractivity contribution in [2.45, 2.75) is 5.60 Å². The van der Waals surface area contributed by atoms with E-state index in [0.29, 0.717) is 28.2 Å². The molecule has 6 nitrogen and oxygen atoms in total. The molecule has 0 saturated carbocycles. The molecule has 0 fully saturated rings. The lowest BCUT2D eigenvalue weighted by Gasteiger charge is -2.36. The van der Waals surface area contributed by atoms with Crippen molar-refractivity contribution in [1.82, 2.24) is 0 Å². The van der Waals surface area contributed by atoms with E-state index in [9.17, 15) is 19.8 Å². The van der Waals surface area contributed by atoms with Crippen molar-refractivity contribution in [2.75, 3.05) is 0 Å². The number of hydrogen-bond donors (Lipinski definition) is 2. The molecule has 131 valence electrons. The van der Waals surface area contributed by atoms with Crippen LogP contribution in [-0.2, 0) is 15.1 Å². The highest BCUT2D eigenvalue weighted by Gasteiger charge is 2.53. The average Bonchev–Trinajstić information content (AvgIpc) is 2.94. The van der Waals surface area contributed by atoms with Crippen molar-refractivity contribution in [2.24, 2.45) is 0 Å². The van der Waals surface area contributed by atoms with Crippen LogP contribution in [0.25, 0.3) is 0 Å². The zero-order chi connectivity index (χ0) is 18.8. The summed E-state index contributed by atoms with van der Waals surface area (Å²) in [6.07, 6.45) is 1.77. The van der Waals surface area contributed by atoms with Gasteiger partial charge in [-0.2, -0.15) is 0 Å². The van der Waals surface area contributed by atoms with Gasteiger partial charge >= 0.3 is 5.97 Å². The molecular formula is C21H11O6. The Balaban J connectivity index is 1.89. The molecule has 2 heterocycles.